The normalized spacial score (nSPS) is 25.6. The lowest BCUT2D eigenvalue weighted by molar-refractivity contribution is 0.0785. The van der Waals surface area contributed by atoms with Crippen molar-refractivity contribution in [3.8, 4) is 5.75 Å². The minimum absolute atomic E-state index is 0.0997. The molecule has 0 spiro atoms. The Bertz CT molecular complexity index is 338. The van der Waals surface area contributed by atoms with E-state index in [-0.39, 0.29) is 17.9 Å². The first-order valence-electron chi connectivity index (χ1n) is 4.91. The number of anilines is 1. The molecule has 3 heteroatoms. The Balaban J connectivity index is 2.11. The Labute approximate surface area is 83.4 Å². The molecule has 1 aliphatic carbocycles. The van der Waals surface area contributed by atoms with Crippen LogP contribution in [-0.2, 0) is 0 Å². The fourth-order valence-corrected chi connectivity index (χ4v) is 1.62. The fraction of sp³-hybridized carbons (Fsp3) is 0.455. The van der Waals surface area contributed by atoms with Crippen LogP contribution in [0.4, 0.5) is 5.69 Å². The predicted octanol–water partition coefficient (Wildman–Crippen LogP) is 1.64. The van der Waals surface area contributed by atoms with Crippen molar-refractivity contribution in [1.82, 2.24) is 0 Å². The molecule has 0 amide bonds. The Morgan fingerprint density at radius 3 is 2.71 bits per heavy atom. The minimum atomic E-state index is -0.269. The van der Waals surface area contributed by atoms with Gasteiger partial charge in [-0.3, -0.25) is 0 Å². The summed E-state index contributed by atoms with van der Waals surface area (Å²) in [6.45, 7) is 1.97. The van der Waals surface area contributed by atoms with E-state index in [1.165, 1.54) is 0 Å². The van der Waals surface area contributed by atoms with Crippen molar-refractivity contribution in [1.29, 1.82) is 0 Å². The molecule has 0 aromatic heterocycles. The van der Waals surface area contributed by atoms with Gasteiger partial charge in [0, 0.05) is 0 Å². The van der Waals surface area contributed by atoms with Crippen LogP contribution in [0.3, 0.4) is 0 Å². The van der Waals surface area contributed by atoms with Crippen molar-refractivity contribution >= 4 is 5.69 Å². The highest BCUT2D eigenvalue weighted by Gasteiger charge is 2.28. The zero-order chi connectivity index (χ0) is 10.1. The van der Waals surface area contributed by atoms with Gasteiger partial charge in [-0.2, -0.15) is 0 Å². The lowest BCUT2D eigenvalue weighted by atomic mass is 9.89. The second kappa shape index (κ2) is 3.50. The van der Waals surface area contributed by atoms with Gasteiger partial charge in [-0.15, -0.1) is 0 Å². The van der Waals surface area contributed by atoms with Gasteiger partial charge in [0.1, 0.15) is 5.75 Å². The van der Waals surface area contributed by atoms with E-state index in [2.05, 4.69) is 5.32 Å². The molecule has 0 heterocycles. The second-order valence-corrected chi connectivity index (χ2v) is 3.92. The molecule has 1 aromatic rings. The molecule has 1 fully saturated rings. The van der Waals surface area contributed by atoms with Gasteiger partial charge < -0.3 is 15.5 Å². The zero-order valence-corrected chi connectivity index (χ0v) is 8.20. The standard InChI is InChI=1S/C11H15NO2/c1-7-2-4-11(14)9(6-7)12-8-3-5-10(8)13/h2,4,6,8,10,12-14H,3,5H2,1H3. The van der Waals surface area contributed by atoms with Crippen LogP contribution < -0.4 is 5.32 Å². The van der Waals surface area contributed by atoms with Gasteiger partial charge in [0.15, 0.2) is 0 Å². The number of aliphatic hydroxyl groups is 1. The van der Waals surface area contributed by atoms with Gasteiger partial charge in [-0.05, 0) is 37.5 Å². The van der Waals surface area contributed by atoms with Gasteiger partial charge in [-0.1, -0.05) is 6.07 Å². The van der Waals surface area contributed by atoms with Gasteiger partial charge in [-0.25, -0.2) is 0 Å². The Morgan fingerprint density at radius 1 is 1.36 bits per heavy atom. The number of aromatic hydroxyl groups is 1. The first kappa shape index (κ1) is 9.34. The van der Waals surface area contributed by atoms with Crippen LogP contribution in [0.2, 0.25) is 0 Å². The fourth-order valence-electron chi connectivity index (χ4n) is 1.62. The Kier molecular flexibility index (Phi) is 2.33. The summed E-state index contributed by atoms with van der Waals surface area (Å²) in [6.07, 6.45) is 1.55. The van der Waals surface area contributed by atoms with E-state index < -0.39 is 0 Å². The van der Waals surface area contributed by atoms with Gasteiger partial charge in [0.2, 0.25) is 0 Å². The van der Waals surface area contributed by atoms with Crippen LogP contribution in [0, 0.1) is 6.92 Å². The molecule has 3 N–H and O–H groups in total. The molecule has 2 unspecified atom stereocenters. The van der Waals surface area contributed by atoms with Gasteiger partial charge in [0.05, 0.1) is 17.8 Å². The number of benzene rings is 1. The van der Waals surface area contributed by atoms with Crippen molar-refractivity contribution in [3.63, 3.8) is 0 Å². The molecule has 76 valence electrons. The molecule has 1 saturated carbocycles. The summed E-state index contributed by atoms with van der Waals surface area (Å²) in [5, 5.41) is 22.1. The Morgan fingerprint density at radius 2 is 2.14 bits per heavy atom. The van der Waals surface area contributed by atoms with E-state index in [1.807, 2.05) is 19.1 Å². The first-order chi connectivity index (χ1) is 6.66. The molecule has 2 atom stereocenters. The topological polar surface area (TPSA) is 52.5 Å². The maximum absolute atomic E-state index is 9.55. The molecule has 3 nitrogen and oxygen atoms in total. The molecule has 14 heavy (non-hydrogen) atoms. The molecule has 0 saturated heterocycles. The van der Waals surface area contributed by atoms with Crippen LogP contribution >= 0.6 is 0 Å². The van der Waals surface area contributed by atoms with Crippen molar-refractivity contribution in [2.24, 2.45) is 0 Å². The van der Waals surface area contributed by atoms with Crippen LogP contribution in [0.5, 0.6) is 5.75 Å². The average molecular weight is 193 g/mol. The Hall–Kier alpha value is -1.22. The molecule has 0 aliphatic heterocycles. The summed E-state index contributed by atoms with van der Waals surface area (Å²) < 4.78 is 0. The maximum Gasteiger partial charge on any atom is 0.138 e. The lowest BCUT2D eigenvalue weighted by Gasteiger charge is -2.34. The summed E-state index contributed by atoms with van der Waals surface area (Å²) in [6, 6.07) is 5.52. The van der Waals surface area contributed by atoms with Crippen molar-refractivity contribution in [2.45, 2.75) is 31.9 Å². The second-order valence-electron chi connectivity index (χ2n) is 3.92. The van der Waals surface area contributed by atoms with E-state index in [4.69, 9.17) is 0 Å². The number of phenolic OH excluding ortho intramolecular Hbond substituents is 1. The van der Waals surface area contributed by atoms with E-state index in [0.717, 1.165) is 18.4 Å². The molecule has 1 aliphatic rings. The van der Waals surface area contributed by atoms with Crippen LogP contribution in [0.15, 0.2) is 18.2 Å². The third-order valence-corrected chi connectivity index (χ3v) is 2.73. The predicted molar refractivity (Wildman–Crippen MR) is 55.5 cm³/mol. The van der Waals surface area contributed by atoms with Gasteiger partial charge >= 0.3 is 0 Å². The SMILES string of the molecule is Cc1ccc(O)c(NC2CCC2O)c1. The minimum Gasteiger partial charge on any atom is -0.506 e. The molecule has 2 rings (SSSR count). The average Bonchev–Trinajstić information content (AvgIpc) is 2.17. The van der Waals surface area contributed by atoms with E-state index in [9.17, 15) is 10.2 Å². The van der Waals surface area contributed by atoms with Crippen LogP contribution in [0.25, 0.3) is 0 Å². The highest BCUT2D eigenvalue weighted by Crippen LogP contribution is 2.29. The van der Waals surface area contributed by atoms with Gasteiger partial charge in [0.25, 0.3) is 0 Å². The smallest absolute Gasteiger partial charge is 0.138 e. The summed E-state index contributed by atoms with van der Waals surface area (Å²) >= 11 is 0. The number of rotatable bonds is 2. The number of aliphatic hydroxyl groups excluding tert-OH is 1. The highest BCUT2D eigenvalue weighted by molar-refractivity contribution is 5.58. The third-order valence-electron chi connectivity index (χ3n) is 2.73. The number of nitrogens with one attached hydrogen (secondary N) is 1. The lowest BCUT2D eigenvalue weighted by Crippen LogP contribution is -2.42. The zero-order valence-electron chi connectivity index (χ0n) is 8.20. The summed E-state index contributed by atoms with van der Waals surface area (Å²) in [5.74, 6) is 0.245. The number of hydrogen-bond acceptors (Lipinski definition) is 3. The van der Waals surface area contributed by atoms with E-state index in [0.29, 0.717) is 5.69 Å². The maximum atomic E-state index is 9.55. The number of hydrogen-bond donors (Lipinski definition) is 3. The third kappa shape index (κ3) is 1.68. The molecule has 0 bridgehead atoms. The number of phenols is 1. The molecular formula is C11H15NO2. The van der Waals surface area contributed by atoms with Crippen molar-refractivity contribution in [3.05, 3.63) is 23.8 Å². The largest absolute Gasteiger partial charge is 0.506 e. The quantitative estimate of drug-likeness (QED) is 0.626. The summed E-state index contributed by atoms with van der Waals surface area (Å²) in [4.78, 5) is 0. The monoisotopic (exact) mass is 193 g/mol. The molecular weight excluding hydrogens is 178 g/mol. The summed E-state index contributed by atoms with van der Waals surface area (Å²) in [5.41, 5.74) is 1.81. The van der Waals surface area contributed by atoms with Crippen molar-refractivity contribution in [2.75, 3.05) is 5.32 Å². The molecule has 1 aromatic carbocycles. The number of aryl methyl sites for hydroxylation is 1. The van der Waals surface area contributed by atoms with E-state index >= 15 is 0 Å². The first-order valence-corrected chi connectivity index (χ1v) is 4.91. The van der Waals surface area contributed by atoms with Crippen LogP contribution in [-0.4, -0.2) is 22.4 Å². The molecule has 0 radical (unpaired) electrons. The van der Waals surface area contributed by atoms with Crippen molar-refractivity contribution < 1.29 is 10.2 Å². The summed E-state index contributed by atoms with van der Waals surface area (Å²) in [7, 11) is 0. The van der Waals surface area contributed by atoms with E-state index in [1.54, 1.807) is 6.07 Å². The van der Waals surface area contributed by atoms with Crippen LogP contribution in [0.1, 0.15) is 18.4 Å². The highest BCUT2D eigenvalue weighted by atomic mass is 16.3.